The SMILES string of the molecule is Cc1cccc(S(=O)(=O)N(C)C[C@@H]2OCc3ccccc3-c3ccccc3C(=O)N([C@H](C)CO)C[C@@H]2C)c1. The summed E-state index contributed by atoms with van der Waals surface area (Å²) in [5.74, 6) is -0.397. The molecule has 3 aromatic rings. The van der Waals surface area contributed by atoms with Gasteiger partial charge in [0.15, 0.2) is 0 Å². The van der Waals surface area contributed by atoms with Crippen LogP contribution in [0.5, 0.6) is 0 Å². The zero-order valence-electron chi connectivity index (χ0n) is 22.4. The zero-order valence-corrected chi connectivity index (χ0v) is 23.2. The van der Waals surface area contributed by atoms with Crippen molar-refractivity contribution < 1.29 is 23.1 Å². The van der Waals surface area contributed by atoms with Crippen LogP contribution >= 0.6 is 0 Å². The second kappa shape index (κ2) is 11.8. The Balaban J connectivity index is 1.73. The van der Waals surface area contributed by atoms with E-state index in [0.29, 0.717) is 12.1 Å². The minimum Gasteiger partial charge on any atom is -0.394 e. The Bertz CT molecular complexity index is 1390. The van der Waals surface area contributed by atoms with Gasteiger partial charge in [0.05, 0.1) is 30.3 Å². The Kier molecular flexibility index (Phi) is 8.67. The number of likely N-dealkylation sites (N-methyl/N-ethyl adjacent to an activating group) is 1. The van der Waals surface area contributed by atoms with E-state index in [9.17, 15) is 18.3 Å². The quantitative estimate of drug-likeness (QED) is 0.507. The molecule has 8 heteroatoms. The van der Waals surface area contributed by atoms with Crippen molar-refractivity contribution in [1.29, 1.82) is 0 Å². The number of fused-ring (bicyclic) bond motifs is 3. The predicted molar refractivity (Wildman–Crippen MR) is 148 cm³/mol. The van der Waals surface area contributed by atoms with Crippen LogP contribution in [0.25, 0.3) is 11.1 Å². The van der Waals surface area contributed by atoms with Crippen molar-refractivity contribution in [1.82, 2.24) is 9.21 Å². The summed E-state index contributed by atoms with van der Waals surface area (Å²) in [5.41, 5.74) is 4.03. The molecule has 0 aromatic heterocycles. The minimum absolute atomic E-state index is 0.113. The average molecular weight is 537 g/mol. The summed E-state index contributed by atoms with van der Waals surface area (Å²) in [6, 6.07) is 21.7. The number of carbonyl (C=O) groups excluding carboxylic acids is 1. The van der Waals surface area contributed by atoms with Gasteiger partial charge in [-0.05, 0) is 54.3 Å². The van der Waals surface area contributed by atoms with E-state index in [2.05, 4.69) is 0 Å². The number of aliphatic hydroxyl groups excluding tert-OH is 1. The largest absolute Gasteiger partial charge is 0.394 e. The molecule has 7 nitrogen and oxygen atoms in total. The molecule has 0 fully saturated rings. The van der Waals surface area contributed by atoms with Crippen LogP contribution in [0.1, 0.15) is 35.3 Å². The van der Waals surface area contributed by atoms with Crippen LogP contribution in [0.15, 0.2) is 77.7 Å². The highest BCUT2D eigenvalue weighted by atomic mass is 32.2. The first kappa shape index (κ1) is 28.0. The lowest BCUT2D eigenvalue weighted by molar-refractivity contribution is -0.0146. The molecule has 3 atom stereocenters. The normalized spacial score (nSPS) is 19.4. The molecule has 0 saturated carbocycles. The Morgan fingerprint density at radius 1 is 1.03 bits per heavy atom. The van der Waals surface area contributed by atoms with Crippen LogP contribution in [0, 0.1) is 12.8 Å². The van der Waals surface area contributed by atoms with Crippen molar-refractivity contribution in [3.05, 3.63) is 89.5 Å². The molecular formula is C30H36N2O5S. The predicted octanol–water partition coefficient (Wildman–Crippen LogP) is 4.34. The minimum atomic E-state index is -3.75. The fourth-order valence-corrected chi connectivity index (χ4v) is 6.15. The van der Waals surface area contributed by atoms with Gasteiger partial charge in [-0.3, -0.25) is 4.79 Å². The maximum absolute atomic E-state index is 13.9. The number of aryl methyl sites for hydroxylation is 1. The van der Waals surface area contributed by atoms with Crippen molar-refractivity contribution >= 4 is 15.9 Å². The van der Waals surface area contributed by atoms with Gasteiger partial charge in [-0.2, -0.15) is 4.31 Å². The van der Waals surface area contributed by atoms with Crippen molar-refractivity contribution in [2.75, 3.05) is 26.7 Å². The second-order valence-electron chi connectivity index (χ2n) is 10.1. The zero-order chi connectivity index (χ0) is 27.4. The maximum Gasteiger partial charge on any atom is 0.254 e. The number of rotatable bonds is 6. The molecule has 0 radical (unpaired) electrons. The number of hydrogen-bond donors (Lipinski definition) is 1. The summed E-state index contributed by atoms with van der Waals surface area (Å²) >= 11 is 0. The van der Waals surface area contributed by atoms with E-state index in [4.69, 9.17) is 4.74 Å². The molecule has 202 valence electrons. The Labute approximate surface area is 225 Å². The first-order valence-electron chi connectivity index (χ1n) is 12.9. The lowest BCUT2D eigenvalue weighted by atomic mass is 9.94. The average Bonchev–Trinajstić information content (AvgIpc) is 2.94. The molecule has 38 heavy (non-hydrogen) atoms. The molecule has 0 unspecified atom stereocenters. The number of sulfonamides is 1. The molecule has 1 amide bonds. The van der Waals surface area contributed by atoms with E-state index in [1.165, 1.54) is 4.31 Å². The molecule has 4 rings (SSSR count). The highest BCUT2D eigenvalue weighted by Gasteiger charge is 2.32. The first-order chi connectivity index (χ1) is 18.1. The van der Waals surface area contributed by atoms with Gasteiger partial charge in [0.1, 0.15) is 0 Å². The van der Waals surface area contributed by atoms with Gasteiger partial charge in [0.2, 0.25) is 10.0 Å². The first-order valence-corrected chi connectivity index (χ1v) is 14.3. The third-order valence-electron chi connectivity index (χ3n) is 7.23. The number of hydrogen-bond acceptors (Lipinski definition) is 5. The topological polar surface area (TPSA) is 87.2 Å². The van der Waals surface area contributed by atoms with Gasteiger partial charge < -0.3 is 14.7 Å². The van der Waals surface area contributed by atoms with E-state index >= 15 is 0 Å². The third kappa shape index (κ3) is 5.83. The molecule has 1 aliphatic rings. The molecule has 0 saturated heterocycles. The lowest BCUT2D eigenvalue weighted by Gasteiger charge is -2.35. The van der Waals surface area contributed by atoms with E-state index in [1.807, 2.05) is 75.4 Å². The summed E-state index contributed by atoms with van der Waals surface area (Å²) in [7, 11) is -2.19. The fraction of sp³-hybridized carbons (Fsp3) is 0.367. The van der Waals surface area contributed by atoms with E-state index in [1.54, 1.807) is 30.1 Å². The van der Waals surface area contributed by atoms with Gasteiger partial charge in [-0.1, -0.05) is 61.5 Å². The van der Waals surface area contributed by atoms with Gasteiger partial charge in [0.25, 0.3) is 5.91 Å². The Hall–Kier alpha value is -3.04. The van der Waals surface area contributed by atoms with E-state index in [0.717, 1.165) is 22.3 Å². The monoisotopic (exact) mass is 536 g/mol. The summed E-state index contributed by atoms with van der Waals surface area (Å²) in [6.07, 6.45) is -0.505. The summed E-state index contributed by atoms with van der Waals surface area (Å²) < 4.78 is 34.5. The standard InChI is InChI=1S/C30H36N2O5S/c1-21-10-9-12-25(16-21)38(35,36)31(4)18-29-22(2)17-32(23(3)19-33)30(34)28-15-8-7-14-27(28)26-13-6-5-11-24(26)20-37-29/h5-16,22-23,29,33H,17-20H2,1-4H3/t22-,23+,29-/m0/s1. The number of carbonyl (C=O) groups is 1. The molecule has 1 N–H and O–H groups in total. The van der Waals surface area contributed by atoms with Crippen molar-refractivity contribution in [2.24, 2.45) is 5.92 Å². The van der Waals surface area contributed by atoms with Gasteiger partial charge in [-0.15, -0.1) is 0 Å². The second-order valence-corrected chi connectivity index (χ2v) is 12.2. The van der Waals surface area contributed by atoms with Crippen LogP contribution in [0.3, 0.4) is 0 Å². The molecule has 0 aliphatic carbocycles. The summed E-state index contributed by atoms with van der Waals surface area (Å²) in [5, 5.41) is 9.99. The Morgan fingerprint density at radius 3 is 2.37 bits per heavy atom. The fourth-order valence-electron chi connectivity index (χ4n) is 4.86. The number of benzene rings is 3. The lowest BCUT2D eigenvalue weighted by Crippen LogP contribution is -2.47. The number of nitrogens with zero attached hydrogens (tertiary/aromatic N) is 2. The van der Waals surface area contributed by atoms with Crippen LogP contribution in [0.2, 0.25) is 0 Å². The van der Waals surface area contributed by atoms with Crippen molar-refractivity contribution in [3.8, 4) is 11.1 Å². The van der Waals surface area contributed by atoms with Crippen LogP contribution < -0.4 is 0 Å². The molecule has 1 aliphatic heterocycles. The molecule has 3 aromatic carbocycles. The molecule has 0 spiro atoms. The van der Waals surface area contributed by atoms with E-state index < -0.39 is 22.2 Å². The van der Waals surface area contributed by atoms with Crippen molar-refractivity contribution in [3.63, 3.8) is 0 Å². The van der Waals surface area contributed by atoms with Gasteiger partial charge in [0, 0.05) is 31.6 Å². The van der Waals surface area contributed by atoms with Crippen LogP contribution in [-0.2, 0) is 21.4 Å². The van der Waals surface area contributed by atoms with Gasteiger partial charge >= 0.3 is 0 Å². The maximum atomic E-state index is 13.9. The highest BCUT2D eigenvalue weighted by molar-refractivity contribution is 7.89. The van der Waals surface area contributed by atoms with Gasteiger partial charge in [-0.25, -0.2) is 8.42 Å². The van der Waals surface area contributed by atoms with Crippen LogP contribution in [-0.4, -0.2) is 67.5 Å². The number of amides is 1. The van der Waals surface area contributed by atoms with Crippen LogP contribution in [0.4, 0.5) is 0 Å². The number of ether oxygens (including phenoxy) is 1. The smallest absolute Gasteiger partial charge is 0.254 e. The molecule has 0 bridgehead atoms. The Morgan fingerprint density at radius 2 is 1.68 bits per heavy atom. The summed E-state index contributed by atoms with van der Waals surface area (Å²) in [4.78, 5) is 15.8. The highest BCUT2D eigenvalue weighted by Crippen LogP contribution is 2.31. The number of aliphatic hydroxyl groups is 1. The molecule has 1 heterocycles. The summed E-state index contributed by atoms with van der Waals surface area (Å²) in [6.45, 7) is 6.11. The van der Waals surface area contributed by atoms with Crippen molar-refractivity contribution in [2.45, 2.75) is 44.4 Å². The third-order valence-corrected chi connectivity index (χ3v) is 9.05. The molecular weight excluding hydrogens is 500 g/mol. The van der Waals surface area contributed by atoms with E-state index in [-0.39, 0.29) is 36.5 Å².